The molecule has 1 aliphatic rings. The summed E-state index contributed by atoms with van der Waals surface area (Å²) in [5.74, 6) is -2.44. The Morgan fingerprint density at radius 1 is 1.42 bits per heavy atom. The summed E-state index contributed by atoms with van der Waals surface area (Å²) in [5.41, 5.74) is 4.74. The minimum atomic E-state index is -1.23. The first kappa shape index (κ1) is 13.7. The maximum Gasteiger partial charge on any atom is 0.346 e. The van der Waals surface area contributed by atoms with Crippen LogP contribution in [0.4, 0.5) is 14.5 Å². The van der Waals surface area contributed by atoms with Crippen LogP contribution in [0, 0.1) is 27.7 Å². The van der Waals surface area contributed by atoms with Crippen molar-refractivity contribution >= 4 is 5.69 Å². The molecule has 2 rings (SSSR count). The number of ether oxygens (including phenoxy) is 1. The number of nitro benzene ring substituents is 1. The fourth-order valence-electron chi connectivity index (χ4n) is 2.40. The molecule has 1 aliphatic carbocycles. The molecule has 0 saturated heterocycles. The second kappa shape index (κ2) is 5.48. The normalized spacial score (nSPS) is 22.5. The molecule has 7 heteroatoms. The first-order valence-corrected chi connectivity index (χ1v) is 6.03. The topological polar surface area (TPSA) is 78.4 Å². The predicted octanol–water partition coefficient (Wildman–Crippen LogP) is 2.38. The van der Waals surface area contributed by atoms with E-state index in [-0.39, 0.29) is 17.8 Å². The summed E-state index contributed by atoms with van der Waals surface area (Å²) in [6, 6.07) is 1.31. The van der Waals surface area contributed by atoms with Gasteiger partial charge in [-0.2, -0.15) is 4.39 Å². The van der Waals surface area contributed by atoms with E-state index >= 15 is 0 Å². The minimum Gasteiger partial charge on any atom is -0.483 e. The summed E-state index contributed by atoms with van der Waals surface area (Å²) in [6.07, 6.45) is 2.09. The SMILES string of the molecule is NCC1CCCC1Oc1cc(F)cc(F)c1[N+](=O)[O-]. The van der Waals surface area contributed by atoms with Crippen molar-refractivity contribution in [3.05, 3.63) is 33.9 Å². The third-order valence-electron chi connectivity index (χ3n) is 3.35. The Kier molecular flexibility index (Phi) is 3.94. The maximum atomic E-state index is 13.4. The van der Waals surface area contributed by atoms with Gasteiger partial charge >= 0.3 is 5.69 Å². The van der Waals surface area contributed by atoms with Crippen LogP contribution in [-0.2, 0) is 0 Å². The molecule has 2 N–H and O–H groups in total. The molecule has 1 aromatic carbocycles. The van der Waals surface area contributed by atoms with Gasteiger partial charge in [0.1, 0.15) is 11.9 Å². The van der Waals surface area contributed by atoms with Gasteiger partial charge in [-0.15, -0.1) is 0 Å². The first-order chi connectivity index (χ1) is 9.02. The highest BCUT2D eigenvalue weighted by molar-refractivity contribution is 5.47. The van der Waals surface area contributed by atoms with E-state index in [1.54, 1.807) is 0 Å². The molecule has 1 fully saturated rings. The predicted molar refractivity (Wildman–Crippen MR) is 63.8 cm³/mol. The monoisotopic (exact) mass is 272 g/mol. The summed E-state index contributed by atoms with van der Waals surface area (Å²) < 4.78 is 32.0. The fraction of sp³-hybridized carbons (Fsp3) is 0.500. The van der Waals surface area contributed by atoms with Crippen LogP contribution in [-0.4, -0.2) is 17.6 Å². The Morgan fingerprint density at radius 3 is 2.79 bits per heavy atom. The van der Waals surface area contributed by atoms with Gasteiger partial charge in [0.05, 0.1) is 4.92 Å². The molecule has 0 aliphatic heterocycles. The average molecular weight is 272 g/mol. The van der Waals surface area contributed by atoms with Crippen molar-refractivity contribution in [2.75, 3.05) is 6.54 Å². The highest BCUT2D eigenvalue weighted by Gasteiger charge is 2.31. The lowest BCUT2D eigenvalue weighted by Crippen LogP contribution is -2.28. The lowest BCUT2D eigenvalue weighted by molar-refractivity contribution is -0.388. The molecule has 19 heavy (non-hydrogen) atoms. The number of hydrogen-bond donors (Lipinski definition) is 1. The Balaban J connectivity index is 2.31. The molecule has 104 valence electrons. The van der Waals surface area contributed by atoms with E-state index < -0.39 is 22.2 Å². The highest BCUT2D eigenvalue weighted by Crippen LogP contribution is 2.35. The van der Waals surface area contributed by atoms with Gasteiger partial charge in [0.25, 0.3) is 0 Å². The lowest BCUT2D eigenvalue weighted by Gasteiger charge is -2.19. The molecule has 0 bridgehead atoms. The van der Waals surface area contributed by atoms with Crippen LogP contribution in [0.1, 0.15) is 19.3 Å². The largest absolute Gasteiger partial charge is 0.483 e. The Bertz CT molecular complexity index is 496. The fourth-order valence-corrected chi connectivity index (χ4v) is 2.40. The smallest absolute Gasteiger partial charge is 0.346 e. The summed E-state index contributed by atoms with van der Waals surface area (Å²) >= 11 is 0. The van der Waals surface area contributed by atoms with Crippen molar-refractivity contribution in [2.45, 2.75) is 25.4 Å². The van der Waals surface area contributed by atoms with E-state index in [0.29, 0.717) is 19.0 Å². The highest BCUT2D eigenvalue weighted by atomic mass is 19.1. The number of benzene rings is 1. The van der Waals surface area contributed by atoms with Gasteiger partial charge in [-0.25, -0.2) is 4.39 Å². The Morgan fingerprint density at radius 2 is 2.16 bits per heavy atom. The van der Waals surface area contributed by atoms with Crippen molar-refractivity contribution < 1.29 is 18.4 Å². The second-order valence-electron chi connectivity index (χ2n) is 4.57. The van der Waals surface area contributed by atoms with Crippen molar-refractivity contribution in [2.24, 2.45) is 11.7 Å². The Labute approximate surface area is 108 Å². The van der Waals surface area contributed by atoms with Crippen molar-refractivity contribution in [1.82, 2.24) is 0 Å². The molecule has 2 unspecified atom stereocenters. The van der Waals surface area contributed by atoms with E-state index in [9.17, 15) is 18.9 Å². The lowest BCUT2D eigenvalue weighted by atomic mass is 10.1. The second-order valence-corrected chi connectivity index (χ2v) is 4.57. The number of nitro groups is 1. The molecule has 2 atom stereocenters. The first-order valence-electron chi connectivity index (χ1n) is 6.03. The number of nitrogens with zero attached hydrogens (tertiary/aromatic N) is 1. The number of rotatable bonds is 4. The third kappa shape index (κ3) is 2.81. The van der Waals surface area contributed by atoms with Gasteiger partial charge in [0.2, 0.25) is 11.6 Å². The van der Waals surface area contributed by atoms with Crippen LogP contribution < -0.4 is 10.5 Å². The number of hydrogen-bond acceptors (Lipinski definition) is 4. The number of halogens is 2. The van der Waals surface area contributed by atoms with Gasteiger partial charge in [-0.05, 0) is 25.8 Å². The summed E-state index contributed by atoms with van der Waals surface area (Å²) in [7, 11) is 0. The molecule has 0 spiro atoms. The van der Waals surface area contributed by atoms with Gasteiger partial charge in [-0.1, -0.05) is 0 Å². The molecular weight excluding hydrogens is 258 g/mol. The van der Waals surface area contributed by atoms with Crippen LogP contribution in [0.5, 0.6) is 5.75 Å². The standard InChI is InChI=1S/C12H14F2N2O3/c13-8-4-9(14)12(16(17)18)11(5-8)19-10-3-1-2-7(10)6-15/h4-5,7,10H,1-3,6,15H2. The molecule has 5 nitrogen and oxygen atoms in total. The van der Waals surface area contributed by atoms with Crippen molar-refractivity contribution in [3.63, 3.8) is 0 Å². The zero-order valence-corrected chi connectivity index (χ0v) is 10.1. The van der Waals surface area contributed by atoms with Gasteiger partial charge < -0.3 is 10.5 Å². The quantitative estimate of drug-likeness (QED) is 0.674. The van der Waals surface area contributed by atoms with Crippen LogP contribution in [0.25, 0.3) is 0 Å². The van der Waals surface area contributed by atoms with Crippen LogP contribution in [0.2, 0.25) is 0 Å². The van der Waals surface area contributed by atoms with E-state index in [1.807, 2.05) is 0 Å². The maximum absolute atomic E-state index is 13.4. The molecule has 1 aromatic rings. The molecule has 0 heterocycles. The average Bonchev–Trinajstić information content (AvgIpc) is 2.74. The zero-order chi connectivity index (χ0) is 14.0. The molecular formula is C12H14F2N2O3. The molecule has 0 aromatic heterocycles. The van der Waals surface area contributed by atoms with E-state index in [2.05, 4.69) is 0 Å². The molecule has 0 radical (unpaired) electrons. The van der Waals surface area contributed by atoms with E-state index in [4.69, 9.17) is 10.5 Å². The van der Waals surface area contributed by atoms with Crippen LogP contribution in [0.3, 0.4) is 0 Å². The third-order valence-corrected chi connectivity index (χ3v) is 3.35. The Hall–Kier alpha value is -1.76. The minimum absolute atomic E-state index is 0.0610. The van der Waals surface area contributed by atoms with Crippen molar-refractivity contribution in [1.29, 1.82) is 0 Å². The number of nitrogens with two attached hydrogens (primary N) is 1. The zero-order valence-electron chi connectivity index (χ0n) is 10.1. The molecule has 1 saturated carbocycles. The molecule has 0 amide bonds. The summed E-state index contributed by atoms with van der Waals surface area (Å²) in [4.78, 5) is 9.91. The van der Waals surface area contributed by atoms with Crippen LogP contribution >= 0.6 is 0 Å². The van der Waals surface area contributed by atoms with Crippen molar-refractivity contribution in [3.8, 4) is 5.75 Å². The van der Waals surface area contributed by atoms with Gasteiger partial charge in [-0.3, -0.25) is 10.1 Å². The van der Waals surface area contributed by atoms with E-state index in [0.717, 1.165) is 18.9 Å². The summed E-state index contributed by atoms with van der Waals surface area (Å²) in [6.45, 7) is 0.385. The van der Waals surface area contributed by atoms with Gasteiger partial charge in [0.15, 0.2) is 0 Å². The van der Waals surface area contributed by atoms with Crippen LogP contribution in [0.15, 0.2) is 12.1 Å². The van der Waals surface area contributed by atoms with E-state index in [1.165, 1.54) is 0 Å². The van der Waals surface area contributed by atoms with Gasteiger partial charge in [0, 0.05) is 18.1 Å². The summed E-state index contributed by atoms with van der Waals surface area (Å²) in [5, 5.41) is 10.8.